The highest BCUT2D eigenvalue weighted by molar-refractivity contribution is 7.91. The zero-order valence-electron chi connectivity index (χ0n) is 9.58. The standard InChI is InChI=1S/C11H12F3NO2S/c1-7-5-15-9-4-2-3-8(11(12,13)14)10(9)18(16,17)6-7/h2-4,7,15H,5-6H2,1H3. The van der Waals surface area contributed by atoms with Crippen molar-refractivity contribution in [2.75, 3.05) is 17.6 Å². The monoisotopic (exact) mass is 279 g/mol. The van der Waals surface area contributed by atoms with Crippen LogP contribution in [0.1, 0.15) is 12.5 Å². The van der Waals surface area contributed by atoms with Gasteiger partial charge in [-0.25, -0.2) is 8.42 Å². The van der Waals surface area contributed by atoms with E-state index in [2.05, 4.69) is 5.32 Å². The molecule has 1 atom stereocenters. The molecule has 100 valence electrons. The lowest BCUT2D eigenvalue weighted by Gasteiger charge is -2.14. The number of rotatable bonds is 0. The first-order valence-corrected chi connectivity index (χ1v) is 7.04. The second kappa shape index (κ2) is 4.15. The Hall–Kier alpha value is -1.24. The maximum absolute atomic E-state index is 12.9. The minimum atomic E-state index is -4.67. The molecule has 1 N–H and O–H groups in total. The molecule has 18 heavy (non-hydrogen) atoms. The van der Waals surface area contributed by atoms with Crippen molar-refractivity contribution in [1.29, 1.82) is 0 Å². The molecule has 3 nitrogen and oxygen atoms in total. The largest absolute Gasteiger partial charge is 0.417 e. The molecule has 0 radical (unpaired) electrons. The van der Waals surface area contributed by atoms with Gasteiger partial charge in [0.1, 0.15) is 4.90 Å². The van der Waals surface area contributed by atoms with Gasteiger partial charge in [0.05, 0.1) is 17.0 Å². The molecule has 1 aliphatic heterocycles. The predicted octanol–water partition coefficient (Wildman–Crippen LogP) is 2.54. The van der Waals surface area contributed by atoms with Crippen molar-refractivity contribution >= 4 is 15.5 Å². The highest BCUT2D eigenvalue weighted by Gasteiger charge is 2.39. The van der Waals surface area contributed by atoms with Gasteiger partial charge in [-0.05, 0) is 18.1 Å². The zero-order chi connectivity index (χ0) is 13.6. The number of nitrogens with one attached hydrogen (secondary N) is 1. The van der Waals surface area contributed by atoms with Crippen LogP contribution in [0.15, 0.2) is 23.1 Å². The van der Waals surface area contributed by atoms with Crippen LogP contribution in [0, 0.1) is 5.92 Å². The van der Waals surface area contributed by atoms with Crippen molar-refractivity contribution in [3.63, 3.8) is 0 Å². The van der Waals surface area contributed by atoms with Crippen LogP contribution >= 0.6 is 0 Å². The molecule has 7 heteroatoms. The summed E-state index contributed by atoms with van der Waals surface area (Å²) >= 11 is 0. The van der Waals surface area contributed by atoms with E-state index in [1.807, 2.05) is 0 Å². The average Bonchev–Trinajstić information content (AvgIpc) is 2.34. The number of alkyl halides is 3. The van der Waals surface area contributed by atoms with Crippen LogP contribution in [0.4, 0.5) is 18.9 Å². The van der Waals surface area contributed by atoms with E-state index in [1.165, 1.54) is 12.1 Å². The van der Waals surface area contributed by atoms with Gasteiger partial charge in [0.15, 0.2) is 9.84 Å². The second-order valence-electron chi connectivity index (χ2n) is 4.45. The quantitative estimate of drug-likeness (QED) is 0.794. The van der Waals surface area contributed by atoms with Crippen molar-refractivity contribution < 1.29 is 21.6 Å². The molecule has 0 saturated carbocycles. The number of halogens is 3. The lowest BCUT2D eigenvalue weighted by atomic mass is 10.1. The molecule has 1 aliphatic rings. The average molecular weight is 279 g/mol. The van der Waals surface area contributed by atoms with E-state index in [9.17, 15) is 21.6 Å². The van der Waals surface area contributed by atoms with Gasteiger partial charge < -0.3 is 5.32 Å². The second-order valence-corrected chi connectivity index (χ2v) is 6.42. The number of hydrogen-bond acceptors (Lipinski definition) is 3. The number of fused-ring (bicyclic) bond motifs is 1. The summed E-state index contributed by atoms with van der Waals surface area (Å²) in [6.07, 6.45) is -4.67. The van der Waals surface area contributed by atoms with Crippen LogP contribution in [-0.4, -0.2) is 20.7 Å². The molecule has 0 fully saturated rings. The molecule has 0 aliphatic carbocycles. The Bertz CT molecular complexity index is 566. The fourth-order valence-electron chi connectivity index (χ4n) is 2.04. The van der Waals surface area contributed by atoms with E-state index < -0.39 is 26.5 Å². The molecule has 0 saturated heterocycles. The van der Waals surface area contributed by atoms with Crippen LogP contribution in [0.3, 0.4) is 0 Å². The van der Waals surface area contributed by atoms with Gasteiger partial charge in [0, 0.05) is 6.54 Å². The third-order valence-electron chi connectivity index (χ3n) is 2.78. The summed E-state index contributed by atoms with van der Waals surface area (Å²) < 4.78 is 62.6. The SMILES string of the molecule is CC1CNc2cccc(C(F)(F)F)c2S(=O)(=O)C1. The van der Waals surface area contributed by atoms with Crippen LogP contribution in [0.5, 0.6) is 0 Å². The van der Waals surface area contributed by atoms with Gasteiger partial charge in [-0.2, -0.15) is 13.2 Å². The third-order valence-corrected chi connectivity index (χ3v) is 4.85. The zero-order valence-corrected chi connectivity index (χ0v) is 10.4. The number of hydrogen-bond donors (Lipinski definition) is 1. The van der Waals surface area contributed by atoms with Gasteiger partial charge in [-0.3, -0.25) is 0 Å². The topological polar surface area (TPSA) is 46.2 Å². The summed E-state index contributed by atoms with van der Waals surface area (Å²) in [5, 5.41) is 2.76. The van der Waals surface area contributed by atoms with Crippen LogP contribution in [-0.2, 0) is 16.0 Å². The fraction of sp³-hybridized carbons (Fsp3) is 0.455. The molecule has 1 aromatic carbocycles. The molecule has 1 aromatic rings. The normalized spacial score (nSPS) is 22.8. The Kier molecular flexibility index (Phi) is 3.04. The van der Waals surface area contributed by atoms with Gasteiger partial charge in [0.25, 0.3) is 0 Å². The van der Waals surface area contributed by atoms with E-state index in [4.69, 9.17) is 0 Å². The fourth-order valence-corrected chi connectivity index (χ4v) is 4.06. The molecule has 1 unspecified atom stereocenters. The Labute approximate surface area is 103 Å². The first-order chi connectivity index (χ1) is 8.22. The number of benzene rings is 1. The molecule has 0 bridgehead atoms. The molecular weight excluding hydrogens is 267 g/mol. The molecular formula is C11H12F3NO2S. The van der Waals surface area contributed by atoms with Crippen molar-refractivity contribution in [1.82, 2.24) is 0 Å². The molecule has 0 spiro atoms. The van der Waals surface area contributed by atoms with Crippen molar-refractivity contribution in [2.24, 2.45) is 5.92 Å². The summed E-state index contributed by atoms with van der Waals surface area (Å²) in [7, 11) is -3.92. The van der Waals surface area contributed by atoms with Crippen LogP contribution < -0.4 is 5.32 Å². The van der Waals surface area contributed by atoms with Gasteiger partial charge in [-0.1, -0.05) is 13.0 Å². The van der Waals surface area contributed by atoms with Crippen molar-refractivity contribution in [3.8, 4) is 0 Å². The highest BCUT2D eigenvalue weighted by Crippen LogP contribution is 2.39. The van der Waals surface area contributed by atoms with E-state index in [0.29, 0.717) is 6.54 Å². The van der Waals surface area contributed by atoms with Crippen molar-refractivity contribution in [3.05, 3.63) is 23.8 Å². The van der Waals surface area contributed by atoms with E-state index >= 15 is 0 Å². The molecule has 0 aromatic heterocycles. The minimum absolute atomic E-state index is 0.0363. The maximum Gasteiger partial charge on any atom is 0.417 e. The van der Waals surface area contributed by atoms with Gasteiger partial charge >= 0.3 is 6.18 Å². The molecule has 0 amide bonds. The lowest BCUT2D eigenvalue weighted by Crippen LogP contribution is -2.18. The Morgan fingerprint density at radius 2 is 2.00 bits per heavy atom. The minimum Gasteiger partial charge on any atom is -0.384 e. The summed E-state index contributed by atoms with van der Waals surface area (Å²) in [6, 6.07) is 3.37. The first kappa shape index (κ1) is 13.2. The van der Waals surface area contributed by atoms with Crippen LogP contribution in [0.25, 0.3) is 0 Å². The summed E-state index contributed by atoms with van der Waals surface area (Å²) in [5.74, 6) is -0.511. The lowest BCUT2D eigenvalue weighted by molar-refractivity contribution is -0.139. The molecule has 1 heterocycles. The van der Waals surface area contributed by atoms with E-state index in [0.717, 1.165) is 6.07 Å². The molecule has 2 rings (SSSR count). The highest BCUT2D eigenvalue weighted by atomic mass is 32.2. The Morgan fingerprint density at radius 1 is 1.33 bits per heavy atom. The number of sulfone groups is 1. The Balaban J connectivity index is 2.72. The van der Waals surface area contributed by atoms with Gasteiger partial charge in [-0.15, -0.1) is 0 Å². The number of anilines is 1. The predicted molar refractivity (Wildman–Crippen MR) is 61.2 cm³/mol. The first-order valence-electron chi connectivity index (χ1n) is 5.38. The smallest absolute Gasteiger partial charge is 0.384 e. The van der Waals surface area contributed by atoms with Crippen molar-refractivity contribution in [2.45, 2.75) is 18.0 Å². The summed E-state index contributed by atoms with van der Waals surface area (Å²) in [5.41, 5.74) is -1.06. The maximum atomic E-state index is 12.9. The summed E-state index contributed by atoms with van der Waals surface area (Å²) in [6.45, 7) is 2.03. The van der Waals surface area contributed by atoms with E-state index in [-0.39, 0.29) is 17.4 Å². The van der Waals surface area contributed by atoms with Gasteiger partial charge in [0.2, 0.25) is 0 Å². The summed E-state index contributed by atoms with van der Waals surface area (Å²) in [4.78, 5) is -0.623. The Morgan fingerprint density at radius 3 is 2.61 bits per heavy atom. The third kappa shape index (κ3) is 2.31. The van der Waals surface area contributed by atoms with Crippen LogP contribution in [0.2, 0.25) is 0 Å². The van der Waals surface area contributed by atoms with E-state index in [1.54, 1.807) is 6.92 Å².